The van der Waals surface area contributed by atoms with Gasteiger partial charge in [0.1, 0.15) is 11.6 Å². The van der Waals surface area contributed by atoms with Crippen molar-refractivity contribution in [2.24, 2.45) is 0 Å². The average Bonchev–Trinajstić information content (AvgIpc) is 2.60. The first kappa shape index (κ1) is 10.6. The van der Waals surface area contributed by atoms with Crippen molar-refractivity contribution in [2.45, 2.75) is 19.9 Å². The molecule has 0 aliphatic carbocycles. The fraction of sp³-hybridized carbons (Fsp3) is 0.231. The van der Waals surface area contributed by atoms with E-state index in [9.17, 15) is 5.11 Å². The minimum atomic E-state index is 0.259. The fourth-order valence-electron chi connectivity index (χ4n) is 1.83. The van der Waals surface area contributed by atoms with E-state index in [0.717, 1.165) is 16.9 Å². The summed E-state index contributed by atoms with van der Waals surface area (Å²) in [5.41, 5.74) is 7.97. The summed E-state index contributed by atoms with van der Waals surface area (Å²) in [7, 11) is 0. The van der Waals surface area contributed by atoms with Crippen molar-refractivity contribution >= 4 is 5.82 Å². The van der Waals surface area contributed by atoms with Gasteiger partial charge in [0.25, 0.3) is 0 Å². The van der Waals surface area contributed by atoms with Crippen LogP contribution in [0.1, 0.15) is 19.9 Å². The van der Waals surface area contributed by atoms with Gasteiger partial charge in [0, 0.05) is 17.8 Å². The van der Waals surface area contributed by atoms with Crippen LogP contribution in [0.3, 0.4) is 0 Å². The molecule has 0 saturated heterocycles. The van der Waals surface area contributed by atoms with E-state index < -0.39 is 0 Å². The monoisotopic (exact) mass is 216 g/mol. The van der Waals surface area contributed by atoms with Crippen LogP contribution in [0.5, 0.6) is 5.75 Å². The highest BCUT2D eigenvalue weighted by molar-refractivity contribution is 5.75. The Balaban J connectivity index is 2.49. The molecule has 1 aromatic carbocycles. The van der Waals surface area contributed by atoms with Gasteiger partial charge in [0.2, 0.25) is 0 Å². The molecule has 0 amide bonds. The second-order valence-corrected chi connectivity index (χ2v) is 4.17. The number of benzene rings is 1. The van der Waals surface area contributed by atoms with Crippen molar-refractivity contribution in [3.63, 3.8) is 0 Å². The lowest BCUT2D eigenvalue weighted by molar-refractivity contribution is 0.475. The number of rotatable bonds is 2. The Morgan fingerprint density at radius 3 is 2.56 bits per heavy atom. The number of aromatic hydroxyl groups is 1. The predicted molar refractivity (Wildman–Crippen MR) is 66.3 cm³/mol. The number of anilines is 1. The normalized spacial score (nSPS) is 10.9. The van der Waals surface area contributed by atoms with Crippen LogP contribution in [0.15, 0.2) is 36.5 Å². The number of phenolic OH excluding ortho intramolecular Hbond substituents is 1. The van der Waals surface area contributed by atoms with Crippen LogP contribution in [-0.2, 0) is 0 Å². The summed E-state index contributed by atoms with van der Waals surface area (Å²) in [5, 5.41) is 9.43. The van der Waals surface area contributed by atoms with E-state index in [0.29, 0.717) is 6.04 Å². The fourth-order valence-corrected chi connectivity index (χ4v) is 1.83. The summed E-state index contributed by atoms with van der Waals surface area (Å²) < 4.78 is 2.01. The minimum absolute atomic E-state index is 0.259. The summed E-state index contributed by atoms with van der Waals surface area (Å²) in [6.07, 6.45) is 1.97. The Bertz CT molecular complexity index is 500. The number of hydrogen-bond donors (Lipinski definition) is 2. The quantitative estimate of drug-likeness (QED) is 0.810. The van der Waals surface area contributed by atoms with E-state index in [1.807, 2.05) is 29.0 Å². The van der Waals surface area contributed by atoms with Gasteiger partial charge in [-0.2, -0.15) is 0 Å². The van der Waals surface area contributed by atoms with Gasteiger partial charge in [-0.05, 0) is 37.6 Å². The number of nitrogens with zero attached hydrogens (tertiary/aromatic N) is 1. The lowest BCUT2D eigenvalue weighted by Crippen LogP contribution is -2.04. The van der Waals surface area contributed by atoms with Gasteiger partial charge in [-0.25, -0.2) is 0 Å². The molecular weight excluding hydrogens is 200 g/mol. The summed E-state index contributed by atoms with van der Waals surface area (Å²) in [6, 6.07) is 9.44. The first-order valence-corrected chi connectivity index (χ1v) is 5.35. The lowest BCUT2D eigenvalue weighted by atomic mass is 10.1. The van der Waals surface area contributed by atoms with Crippen molar-refractivity contribution in [1.82, 2.24) is 4.57 Å². The van der Waals surface area contributed by atoms with Crippen LogP contribution < -0.4 is 5.73 Å². The SMILES string of the molecule is CC(C)n1ccc(-c2cccc(O)c2)c1N. The zero-order chi connectivity index (χ0) is 11.7. The third-order valence-corrected chi connectivity index (χ3v) is 2.67. The van der Waals surface area contributed by atoms with Gasteiger partial charge in [-0.1, -0.05) is 12.1 Å². The molecule has 2 rings (SSSR count). The number of nitrogens with two attached hydrogens (primary N) is 1. The number of aromatic nitrogens is 1. The van der Waals surface area contributed by atoms with Crippen molar-refractivity contribution in [3.05, 3.63) is 36.5 Å². The van der Waals surface area contributed by atoms with Crippen LogP contribution in [0, 0.1) is 0 Å². The maximum absolute atomic E-state index is 9.43. The van der Waals surface area contributed by atoms with Crippen LogP contribution in [0.25, 0.3) is 11.1 Å². The van der Waals surface area contributed by atoms with Gasteiger partial charge >= 0.3 is 0 Å². The largest absolute Gasteiger partial charge is 0.508 e. The molecule has 0 bridgehead atoms. The first-order chi connectivity index (χ1) is 7.59. The molecule has 2 aromatic rings. The van der Waals surface area contributed by atoms with Crippen LogP contribution in [-0.4, -0.2) is 9.67 Å². The molecule has 3 nitrogen and oxygen atoms in total. The first-order valence-electron chi connectivity index (χ1n) is 5.35. The van der Waals surface area contributed by atoms with Crippen LogP contribution in [0.4, 0.5) is 5.82 Å². The molecule has 1 aromatic heterocycles. The van der Waals surface area contributed by atoms with Crippen molar-refractivity contribution < 1.29 is 5.11 Å². The second kappa shape index (κ2) is 3.93. The zero-order valence-corrected chi connectivity index (χ0v) is 9.51. The summed E-state index contributed by atoms with van der Waals surface area (Å²) in [6.45, 7) is 4.17. The number of nitrogen functional groups attached to an aromatic ring is 1. The van der Waals surface area contributed by atoms with E-state index in [1.54, 1.807) is 12.1 Å². The summed E-state index contributed by atoms with van der Waals surface area (Å²) >= 11 is 0. The maximum Gasteiger partial charge on any atom is 0.116 e. The molecule has 0 spiro atoms. The smallest absolute Gasteiger partial charge is 0.116 e. The van der Waals surface area contributed by atoms with E-state index >= 15 is 0 Å². The maximum atomic E-state index is 9.43. The molecule has 0 aliphatic heterocycles. The number of hydrogen-bond acceptors (Lipinski definition) is 2. The molecule has 0 saturated carbocycles. The average molecular weight is 216 g/mol. The lowest BCUT2D eigenvalue weighted by Gasteiger charge is -2.10. The van der Waals surface area contributed by atoms with Crippen molar-refractivity contribution in [3.8, 4) is 16.9 Å². The van der Waals surface area contributed by atoms with Gasteiger partial charge in [-0.15, -0.1) is 0 Å². The molecule has 0 atom stereocenters. The Morgan fingerprint density at radius 1 is 1.25 bits per heavy atom. The van der Waals surface area contributed by atoms with Gasteiger partial charge in [0.05, 0.1) is 0 Å². The Hall–Kier alpha value is -1.90. The molecule has 3 heteroatoms. The molecule has 3 N–H and O–H groups in total. The highest BCUT2D eigenvalue weighted by Crippen LogP contribution is 2.30. The van der Waals surface area contributed by atoms with Gasteiger partial charge < -0.3 is 15.4 Å². The van der Waals surface area contributed by atoms with E-state index in [2.05, 4.69) is 13.8 Å². The molecular formula is C13H16N2O. The molecule has 0 aliphatic rings. The summed E-state index contributed by atoms with van der Waals surface area (Å²) in [5.74, 6) is 0.995. The molecule has 1 heterocycles. The van der Waals surface area contributed by atoms with Crippen LogP contribution >= 0.6 is 0 Å². The minimum Gasteiger partial charge on any atom is -0.508 e. The molecule has 0 unspecified atom stereocenters. The Kier molecular flexibility index (Phi) is 2.60. The van der Waals surface area contributed by atoms with Gasteiger partial charge in [0.15, 0.2) is 0 Å². The highest BCUT2D eigenvalue weighted by atomic mass is 16.3. The summed E-state index contributed by atoms with van der Waals surface area (Å²) in [4.78, 5) is 0. The van der Waals surface area contributed by atoms with Crippen LogP contribution in [0.2, 0.25) is 0 Å². The topological polar surface area (TPSA) is 51.2 Å². The van der Waals surface area contributed by atoms with E-state index in [1.165, 1.54) is 0 Å². The van der Waals surface area contributed by atoms with Crippen molar-refractivity contribution in [1.29, 1.82) is 0 Å². The number of phenols is 1. The molecule has 16 heavy (non-hydrogen) atoms. The Morgan fingerprint density at radius 2 is 2.00 bits per heavy atom. The molecule has 0 radical (unpaired) electrons. The Labute approximate surface area is 95.1 Å². The van der Waals surface area contributed by atoms with Gasteiger partial charge in [-0.3, -0.25) is 0 Å². The van der Waals surface area contributed by atoms with E-state index in [-0.39, 0.29) is 5.75 Å². The zero-order valence-electron chi connectivity index (χ0n) is 9.51. The predicted octanol–water partition coefficient (Wildman–Crippen LogP) is 3.02. The molecule has 0 fully saturated rings. The third kappa shape index (κ3) is 1.76. The van der Waals surface area contributed by atoms with Crippen molar-refractivity contribution in [2.75, 3.05) is 5.73 Å². The highest BCUT2D eigenvalue weighted by Gasteiger charge is 2.09. The standard InChI is InChI=1S/C13H16N2O/c1-9(2)15-7-6-12(13(15)14)10-4-3-5-11(16)8-10/h3-9,16H,14H2,1-2H3. The van der Waals surface area contributed by atoms with E-state index in [4.69, 9.17) is 5.73 Å². The third-order valence-electron chi connectivity index (χ3n) is 2.67. The molecule has 84 valence electrons. The second-order valence-electron chi connectivity index (χ2n) is 4.17.